The Kier molecular flexibility index (Phi) is 3.79. The zero-order chi connectivity index (χ0) is 10.5. The van der Waals surface area contributed by atoms with E-state index in [9.17, 15) is 0 Å². The van der Waals surface area contributed by atoms with Crippen molar-refractivity contribution in [2.24, 2.45) is 5.92 Å². The van der Waals surface area contributed by atoms with E-state index in [0.29, 0.717) is 6.04 Å². The van der Waals surface area contributed by atoms with Crippen molar-refractivity contribution < 1.29 is 0 Å². The van der Waals surface area contributed by atoms with Gasteiger partial charge in [-0.05, 0) is 31.4 Å². The van der Waals surface area contributed by atoms with Crippen LogP contribution in [0.4, 0.5) is 0 Å². The second kappa shape index (κ2) is 5.32. The van der Waals surface area contributed by atoms with Gasteiger partial charge in [0, 0.05) is 6.04 Å². The van der Waals surface area contributed by atoms with E-state index in [1.807, 2.05) is 0 Å². The van der Waals surface area contributed by atoms with Gasteiger partial charge in [-0.2, -0.15) is 0 Å². The van der Waals surface area contributed by atoms with Gasteiger partial charge in [-0.15, -0.1) is 0 Å². The van der Waals surface area contributed by atoms with Crippen molar-refractivity contribution in [1.29, 1.82) is 0 Å². The van der Waals surface area contributed by atoms with Crippen LogP contribution >= 0.6 is 0 Å². The Bertz CT molecular complexity index is 277. The van der Waals surface area contributed by atoms with Gasteiger partial charge in [0.2, 0.25) is 0 Å². The fourth-order valence-electron chi connectivity index (χ4n) is 2.35. The molecule has 0 amide bonds. The van der Waals surface area contributed by atoms with Gasteiger partial charge in [-0.25, -0.2) is 0 Å². The quantitative estimate of drug-likeness (QED) is 0.772. The highest BCUT2D eigenvalue weighted by molar-refractivity contribution is 5.18. The monoisotopic (exact) mass is 203 g/mol. The maximum atomic E-state index is 3.42. The number of benzene rings is 1. The highest BCUT2D eigenvalue weighted by atomic mass is 14.9. The summed E-state index contributed by atoms with van der Waals surface area (Å²) in [5, 5.41) is 3.42. The number of hydrogen-bond donors (Lipinski definition) is 1. The molecular formula is C14H21N. The predicted molar refractivity (Wildman–Crippen MR) is 64.8 cm³/mol. The highest BCUT2D eigenvalue weighted by Gasteiger charge is 2.19. The smallest absolute Gasteiger partial charge is 0.0317 e. The minimum atomic E-state index is 0.548. The lowest BCUT2D eigenvalue weighted by molar-refractivity contribution is 0.277. The molecule has 1 unspecified atom stereocenters. The fourth-order valence-corrected chi connectivity index (χ4v) is 2.35. The lowest BCUT2D eigenvalue weighted by atomic mass is 9.81. The van der Waals surface area contributed by atoms with Gasteiger partial charge in [0.25, 0.3) is 0 Å². The molecule has 0 saturated heterocycles. The second-order valence-corrected chi connectivity index (χ2v) is 4.63. The van der Waals surface area contributed by atoms with Crippen LogP contribution in [0.2, 0.25) is 0 Å². The molecule has 1 N–H and O–H groups in total. The molecule has 0 aliphatic heterocycles. The first-order valence-electron chi connectivity index (χ1n) is 6.12. The number of hydrogen-bond acceptors (Lipinski definition) is 1. The summed E-state index contributed by atoms with van der Waals surface area (Å²) < 4.78 is 0. The van der Waals surface area contributed by atoms with Crippen LogP contribution in [0.25, 0.3) is 0 Å². The fraction of sp³-hybridized carbons (Fsp3) is 0.571. The molecular weight excluding hydrogens is 182 g/mol. The Morgan fingerprint density at radius 1 is 1.27 bits per heavy atom. The zero-order valence-electron chi connectivity index (χ0n) is 9.58. The van der Waals surface area contributed by atoms with Gasteiger partial charge < -0.3 is 5.32 Å². The Labute approximate surface area is 92.9 Å². The van der Waals surface area contributed by atoms with Crippen LogP contribution < -0.4 is 5.32 Å². The lowest BCUT2D eigenvalue weighted by Gasteiger charge is -2.27. The molecule has 1 aliphatic carbocycles. The third kappa shape index (κ3) is 2.82. The third-order valence-electron chi connectivity index (χ3n) is 3.64. The van der Waals surface area contributed by atoms with Crippen molar-refractivity contribution in [1.82, 2.24) is 5.32 Å². The largest absolute Gasteiger partial charge is 0.313 e. The predicted octanol–water partition coefficient (Wildman–Crippen LogP) is 3.53. The van der Waals surface area contributed by atoms with Crippen LogP contribution in [0, 0.1) is 5.92 Å². The van der Waals surface area contributed by atoms with E-state index in [1.165, 1.54) is 37.7 Å². The summed E-state index contributed by atoms with van der Waals surface area (Å²) in [6, 6.07) is 11.3. The maximum absolute atomic E-state index is 3.42. The molecule has 82 valence electrons. The Balaban J connectivity index is 1.86. The van der Waals surface area contributed by atoms with Crippen LogP contribution in [0.15, 0.2) is 30.3 Å². The van der Waals surface area contributed by atoms with Gasteiger partial charge in [-0.3, -0.25) is 0 Å². The summed E-state index contributed by atoms with van der Waals surface area (Å²) in [5.74, 6) is 1.02. The van der Waals surface area contributed by atoms with E-state index < -0.39 is 0 Å². The van der Waals surface area contributed by atoms with E-state index in [0.717, 1.165) is 5.92 Å². The Hall–Kier alpha value is -0.820. The van der Waals surface area contributed by atoms with Crippen molar-refractivity contribution in [3.63, 3.8) is 0 Å². The number of nitrogens with one attached hydrogen (secondary N) is 1. The average Bonchev–Trinajstić information content (AvgIpc) is 2.23. The Morgan fingerprint density at radius 3 is 2.53 bits per heavy atom. The third-order valence-corrected chi connectivity index (χ3v) is 3.64. The minimum absolute atomic E-state index is 0.548. The average molecular weight is 203 g/mol. The van der Waals surface area contributed by atoms with E-state index in [2.05, 4.69) is 42.7 Å². The van der Waals surface area contributed by atoms with Crippen molar-refractivity contribution in [3.05, 3.63) is 35.9 Å². The first-order valence-corrected chi connectivity index (χ1v) is 6.12. The molecule has 0 heterocycles. The highest BCUT2D eigenvalue weighted by Crippen LogP contribution is 2.32. The Morgan fingerprint density at radius 2 is 2.00 bits per heavy atom. The molecule has 15 heavy (non-hydrogen) atoms. The molecule has 1 atom stereocenters. The summed E-state index contributed by atoms with van der Waals surface area (Å²) in [7, 11) is 2.07. The van der Waals surface area contributed by atoms with E-state index in [1.54, 1.807) is 0 Å². The molecule has 0 bridgehead atoms. The van der Waals surface area contributed by atoms with E-state index in [-0.39, 0.29) is 0 Å². The van der Waals surface area contributed by atoms with Crippen LogP contribution in [-0.2, 0) is 0 Å². The van der Waals surface area contributed by atoms with Gasteiger partial charge in [0.15, 0.2) is 0 Å². The minimum Gasteiger partial charge on any atom is -0.313 e. The molecule has 1 saturated carbocycles. The standard InChI is InChI=1S/C14H21N/c1-15-14(11-10-12-6-5-7-12)13-8-3-2-4-9-13/h2-4,8-9,12,14-15H,5-7,10-11H2,1H3. The van der Waals surface area contributed by atoms with Crippen molar-refractivity contribution in [2.75, 3.05) is 7.05 Å². The summed E-state index contributed by atoms with van der Waals surface area (Å²) in [6.45, 7) is 0. The molecule has 0 radical (unpaired) electrons. The zero-order valence-corrected chi connectivity index (χ0v) is 9.58. The molecule has 1 fully saturated rings. The van der Waals surface area contributed by atoms with Crippen LogP contribution in [0.3, 0.4) is 0 Å². The van der Waals surface area contributed by atoms with Crippen LogP contribution in [0.5, 0.6) is 0 Å². The first-order chi connectivity index (χ1) is 7.40. The molecule has 2 rings (SSSR count). The van der Waals surface area contributed by atoms with Crippen molar-refractivity contribution in [3.8, 4) is 0 Å². The summed E-state index contributed by atoms with van der Waals surface area (Å²) >= 11 is 0. The van der Waals surface area contributed by atoms with Crippen molar-refractivity contribution in [2.45, 2.75) is 38.1 Å². The topological polar surface area (TPSA) is 12.0 Å². The van der Waals surface area contributed by atoms with Crippen LogP contribution in [0.1, 0.15) is 43.7 Å². The maximum Gasteiger partial charge on any atom is 0.0317 e. The van der Waals surface area contributed by atoms with Gasteiger partial charge >= 0.3 is 0 Å². The van der Waals surface area contributed by atoms with Gasteiger partial charge in [0.1, 0.15) is 0 Å². The molecule has 1 nitrogen and oxygen atoms in total. The summed E-state index contributed by atoms with van der Waals surface area (Å²) in [6.07, 6.45) is 7.06. The summed E-state index contributed by atoms with van der Waals surface area (Å²) in [5.41, 5.74) is 1.43. The molecule has 1 aromatic carbocycles. The lowest BCUT2D eigenvalue weighted by Crippen LogP contribution is -2.19. The number of rotatable bonds is 5. The van der Waals surface area contributed by atoms with Gasteiger partial charge in [0.05, 0.1) is 0 Å². The first kappa shape index (κ1) is 10.7. The second-order valence-electron chi connectivity index (χ2n) is 4.63. The molecule has 1 heteroatoms. The normalized spacial score (nSPS) is 18.5. The van der Waals surface area contributed by atoms with Crippen LogP contribution in [-0.4, -0.2) is 7.05 Å². The van der Waals surface area contributed by atoms with Gasteiger partial charge in [-0.1, -0.05) is 49.6 Å². The molecule has 1 aliphatic rings. The molecule has 1 aromatic rings. The molecule has 0 spiro atoms. The summed E-state index contributed by atoms with van der Waals surface area (Å²) in [4.78, 5) is 0. The van der Waals surface area contributed by atoms with Crippen molar-refractivity contribution >= 4 is 0 Å². The van der Waals surface area contributed by atoms with E-state index >= 15 is 0 Å². The molecule has 0 aromatic heterocycles. The van der Waals surface area contributed by atoms with E-state index in [4.69, 9.17) is 0 Å². The SMILES string of the molecule is CNC(CCC1CCC1)c1ccccc1.